The number of para-hydroxylation sites is 1. The lowest BCUT2D eigenvalue weighted by Gasteiger charge is -2.12. The number of hydrogen-bond acceptors (Lipinski definition) is 3. The molecule has 0 saturated carbocycles. The number of phenolic OH excluding ortho intramolecular Hbond substituents is 1. The highest BCUT2D eigenvalue weighted by molar-refractivity contribution is 6.67. The van der Waals surface area contributed by atoms with E-state index in [-0.39, 0.29) is 0 Å². The molecular formula is C12H19O3Si. The molecule has 4 heteroatoms. The molecule has 0 aromatic heterocycles. The van der Waals surface area contributed by atoms with E-state index in [2.05, 4.69) is 0 Å². The van der Waals surface area contributed by atoms with Gasteiger partial charge in [0.1, 0.15) is 5.75 Å². The van der Waals surface area contributed by atoms with Crippen molar-refractivity contribution in [2.45, 2.75) is 19.9 Å². The molecule has 0 unspecified atom stereocenters. The zero-order valence-electron chi connectivity index (χ0n) is 9.90. The van der Waals surface area contributed by atoms with Gasteiger partial charge in [-0.15, -0.1) is 0 Å². The summed E-state index contributed by atoms with van der Waals surface area (Å²) in [6, 6.07) is 7.37. The minimum absolute atomic E-state index is 0.337. The van der Waals surface area contributed by atoms with Crippen LogP contribution in [0, 0.1) is 0 Å². The van der Waals surface area contributed by atoms with Gasteiger partial charge in [0, 0.05) is 25.0 Å². The first kappa shape index (κ1) is 13.2. The minimum Gasteiger partial charge on any atom is -0.508 e. The highest BCUT2D eigenvalue weighted by Gasteiger charge is 2.12. The van der Waals surface area contributed by atoms with Gasteiger partial charge in [-0.25, -0.2) is 0 Å². The van der Waals surface area contributed by atoms with Crippen LogP contribution in [0.2, 0.25) is 6.55 Å². The Kier molecular flexibility index (Phi) is 6.14. The largest absolute Gasteiger partial charge is 0.508 e. The van der Waals surface area contributed by atoms with Gasteiger partial charge in [-0.1, -0.05) is 18.2 Å². The summed E-state index contributed by atoms with van der Waals surface area (Å²) in [6.45, 7) is 6.22. The molecule has 89 valence electrons. The highest BCUT2D eigenvalue weighted by Crippen LogP contribution is 2.05. The molecule has 0 atom stereocenters. The molecule has 0 heterocycles. The summed E-state index contributed by atoms with van der Waals surface area (Å²) in [5, 5.41) is 10.6. The van der Waals surface area contributed by atoms with Crippen LogP contribution >= 0.6 is 0 Å². The molecule has 16 heavy (non-hydrogen) atoms. The van der Waals surface area contributed by atoms with Crippen LogP contribution < -0.4 is 5.19 Å². The Balaban J connectivity index is 2.30. The molecule has 0 aliphatic heterocycles. The first-order valence-corrected chi connectivity index (χ1v) is 7.49. The average Bonchev–Trinajstić information content (AvgIpc) is 2.29. The number of ether oxygens (including phenoxy) is 1. The monoisotopic (exact) mass is 239 g/mol. The second kappa shape index (κ2) is 7.43. The SMILES string of the molecule is CCOCCCO[Si](C)c1ccccc1O. The second-order valence-electron chi connectivity index (χ2n) is 3.47. The Labute approximate surface area is 98.7 Å². The Hall–Kier alpha value is -0.843. The summed E-state index contributed by atoms with van der Waals surface area (Å²) in [5.74, 6) is 0.337. The van der Waals surface area contributed by atoms with Crippen molar-refractivity contribution in [3.8, 4) is 5.75 Å². The molecule has 1 aromatic carbocycles. The molecule has 3 nitrogen and oxygen atoms in total. The van der Waals surface area contributed by atoms with E-state index in [0.29, 0.717) is 12.4 Å². The topological polar surface area (TPSA) is 38.7 Å². The number of benzene rings is 1. The predicted octanol–water partition coefficient (Wildman–Crippen LogP) is 1.66. The molecule has 0 fully saturated rings. The van der Waals surface area contributed by atoms with E-state index >= 15 is 0 Å². The number of phenols is 1. The fraction of sp³-hybridized carbons (Fsp3) is 0.500. The smallest absolute Gasteiger partial charge is 0.247 e. The molecule has 0 bridgehead atoms. The van der Waals surface area contributed by atoms with Gasteiger partial charge in [-0.3, -0.25) is 0 Å². The Bertz CT molecular complexity index is 304. The van der Waals surface area contributed by atoms with Crippen LogP contribution in [-0.4, -0.2) is 34.0 Å². The molecule has 0 aliphatic rings. The number of rotatable bonds is 7. The van der Waals surface area contributed by atoms with E-state index in [9.17, 15) is 5.11 Å². The summed E-state index contributed by atoms with van der Waals surface area (Å²) < 4.78 is 10.9. The quantitative estimate of drug-likeness (QED) is 0.581. The van der Waals surface area contributed by atoms with Gasteiger partial charge in [-0.05, 0) is 26.0 Å². The maximum atomic E-state index is 9.64. The number of aromatic hydroxyl groups is 1. The first-order valence-electron chi connectivity index (χ1n) is 5.58. The van der Waals surface area contributed by atoms with E-state index < -0.39 is 9.04 Å². The van der Waals surface area contributed by atoms with Crippen molar-refractivity contribution in [2.75, 3.05) is 19.8 Å². The maximum Gasteiger partial charge on any atom is 0.247 e. The Morgan fingerprint density at radius 3 is 2.69 bits per heavy atom. The van der Waals surface area contributed by atoms with E-state index in [1.165, 1.54) is 0 Å². The van der Waals surface area contributed by atoms with Gasteiger partial charge in [0.05, 0.1) is 0 Å². The van der Waals surface area contributed by atoms with Gasteiger partial charge in [-0.2, -0.15) is 0 Å². The van der Waals surface area contributed by atoms with E-state index in [4.69, 9.17) is 9.16 Å². The van der Waals surface area contributed by atoms with Crippen molar-refractivity contribution in [3.05, 3.63) is 24.3 Å². The fourth-order valence-corrected chi connectivity index (χ4v) is 2.76. The molecule has 1 radical (unpaired) electrons. The van der Waals surface area contributed by atoms with Gasteiger partial charge < -0.3 is 14.3 Å². The normalized spacial score (nSPS) is 10.9. The van der Waals surface area contributed by atoms with Crippen molar-refractivity contribution < 1.29 is 14.3 Å². The minimum atomic E-state index is -1.09. The van der Waals surface area contributed by atoms with E-state index in [0.717, 1.165) is 24.8 Å². The summed E-state index contributed by atoms with van der Waals surface area (Å²) in [5.41, 5.74) is 0. The van der Waals surface area contributed by atoms with Gasteiger partial charge in [0.15, 0.2) is 0 Å². The zero-order valence-corrected chi connectivity index (χ0v) is 10.9. The lowest BCUT2D eigenvalue weighted by Crippen LogP contribution is -2.30. The summed E-state index contributed by atoms with van der Waals surface area (Å²) in [6.07, 6.45) is 0.906. The first-order chi connectivity index (χ1) is 7.75. The van der Waals surface area contributed by atoms with Crippen LogP contribution in [0.15, 0.2) is 24.3 Å². The second-order valence-corrected chi connectivity index (χ2v) is 5.41. The number of hydrogen-bond donors (Lipinski definition) is 1. The summed E-state index contributed by atoms with van der Waals surface area (Å²) in [7, 11) is -1.09. The van der Waals surface area contributed by atoms with Crippen molar-refractivity contribution in [1.29, 1.82) is 0 Å². The van der Waals surface area contributed by atoms with Gasteiger partial charge >= 0.3 is 0 Å². The molecule has 0 aliphatic carbocycles. The van der Waals surface area contributed by atoms with Crippen LogP contribution in [0.1, 0.15) is 13.3 Å². The molecular weight excluding hydrogens is 220 g/mol. The predicted molar refractivity (Wildman–Crippen MR) is 66.4 cm³/mol. The molecule has 0 saturated heterocycles. The molecule has 1 rings (SSSR count). The van der Waals surface area contributed by atoms with Crippen LogP contribution in [-0.2, 0) is 9.16 Å². The standard InChI is InChI=1S/C12H19O3Si/c1-3-14-9-6-10-15-16(2)12-8-5-4-7-11(12)13/h4-5,7-8,13H,3,6,9-10H2,1-2H3. The van der Waals surface area contributed by atoms with E-state index in [1.807, 2.05) is 31.7 Å². The summed E-state index contributed by atoms with van der Waals surface area (Å²) in [4.78, 5) is 0. The van der Waals surface area contributed by atoms with Gasteiger partial charge in [0.25, 0.3) is 0 Å². The average molecular weight is 239 g/mol. The molecule has 1 N–H and O–H groups in total. The lowest BCUT2D eigenvalue weighted by atomic mass is 10.3. The van der Waals surface area contributed by atoms with Crippen molar-refractivity contribution >= 4 is 14.2 Å². The van der Waals surface area contributed by atoms with Crippen LogP contribution in [0.3, 0.4) is 0 Å². The molecule has 1 aromatic rings. The van der Waals surface area contributed by atoms with Crippen molar-refractivity contribution in [2.24, 2.45) is 0 Å². The molecule has 0 spiro atoms. The Morgan fingerprint density at radius 2 is 2.00 bits per heavy atom. The van der Waals surface area contributed by atoms with Crippen molar-refractivity contribution in [3.63, 3.8) is 0 Å². The third-order valence-corrected chi connectivity index (χ3v) is 4.06. The lowest BCUT2D eigenvalue weighted by molar-refractivity contribution is 0.131. The summed E-state index contributed by atoms with van der Waals surface area (Å²) >= 11 is 0. The third-order valence-electron chi connectivity index (χ3n) is 2.24. The highest BCUT2D eigenvalue weighted by atomic mass is 28.3. The third kappa shape index (κ3) is 4.34. The maximum absolute atomic E-state index is 9.64. The van der Waals surface area contributed by atoms with Crippen molar-refractivity contribution in [1.82, 2.24) is 0 Å². The van der Waals surface area contributed by atoms with E-state index in [1.54, 1.807) is 6.07 Å². The van der Waals surface area contributed by atoms with Crippen LogP contribution in [0.5, 0.6) is 5.75 Å². The Morgan fingerprint density at radius 1 is 1.25 bits per heavy atom. The zero-order chi connectivity index (χ0) is 11.8. The van der Waals surface area contributed by atoms with Crippen LogP contribution in [0.4, 0.5) is 0 Å². The molecule has 0 amide bonds. The fourth-order valence-electron chi connectivity index (χ4n) is 1.38. The van der Waals surface area contributed by atoms with Crippen LogP contribution in [0.25, 0.3) is 0 Å². The van der Waals surface area contributed by atoms with Gasteiger partial charge in [0.2, 0.25) is 9.04 Å².